The Morgan fingerprint density at radius 1 is 1.19 bits per heavy atom. The lowest BCUT2D eigenvalue weighted by Crippen LogP contribution is -2.14. The third-order valence-electron chi connectivity index (χ3n) is 4.60. The van der Waals surface area contributed by atoms with Crippen molar-refractivity contribution in [1.29, 1.82) is 0 Å². The number of fused-ring (bicyclic) bond motifs is 1. The number of nitrogens with one attached hydrogen (secondary N) is 1. The molecule has 0 aliphatic rings. The molecule has 4 rings (SSSR count). The van der Waals surface area contributed by atoms with E-state index in [1.165, 1.54) is 48.2 Å². The second kappa shape index (κ2) is 9.06. The number of ether oxygens (including phenoxy) is 1. The average molecular weight is 452 g/mol. The maximum Gasteiger partial charge on any atom is 0.271 e. The number of imidazole rings is 1. The van der Waals surface area contributed by atoms with Crippen LogP contribution in [0.2, 0.25) is 0 Å². The lowest BCUT2D eigenvalue weighted by atomic mass is 10.2. The molecule has 32 heavy (non-hydrogen) atoms. The lowest BCUT2D eigenvalue weighted by molar-refractivity contribution is -0.384. The first kappa shape index (κ1) is 21.3. The second-order valence-corrected chi connectivity index (χ2v) is 7.62. The van der Waals surface area contributed by atoms with Gasteiger partial charge in [-0.25, -0.2) is 9.37 Å². The normalized spacial score (nSPS) is 10.8. The van der Waals surface area contributed by atoms with Crippen molar-refractivity contribution in [2.75, 3.05) is 18.2 Å². The largest absolute Gasteiger partial charge is 0.495 e. The van der Waals surface area contributed by atoms with Crippen LogP contribution in [0.1, 0.15) is 0 Å². The van der Waals surface area contributed by atoms with Gasteiger partial charge in [0, 0.05) is 17.8 Å². The molecule has 0 aliphatic heterocycles. The number of amides is 1. The van der Waals surface area contributed by atoms with Crippen LogP contribution in [0, 0.1) is 15.9 Å². The lowest BCUT2D eigenvalue weighted by Gasteiger charge is -2.13. The Kier molecular flexibility index (Phi) is 6.04. The first-order chi connectivity index (χ1) is 15.5. The van der Waals surface area contributed by atoms with Crippen molar-refractivity contribution < 1.29 is 18.8 Å². The Labute approximate surface area is 186 Å². The summed E-state index contributed by atoms with van der Waals surface area (Å²) in [6, 6.07) is 17.2. The number of hydrogen-bond donors (Lipinski definition) is 1. The fourth-order valence-electron chi connectivity index (χ4n) is 3.16. The number of thioether (sulfide) groups is 1. The topological polar surface area (TPSA) is 99.3 Å². The van der Waals surface area contributed by atoms with Crippen LogP contribution in [0.5, 0.6) is 5.75 Å². The van der Waals surface area contributed by atoms with Crippen molar-refractivity contribution >= 4 is 40.1 Å². The Morgan fingerprint density at radius 3 is 2.66 bits per heavy atom. The molecular formula is C22H17FN4O4S. The number of anilines is 1. The van der Waals surface area contributed by atoms with Crippen molar-refractivity contribution in [1.82, 2.24) is 9.55 Å². The number of rotatable bonds is 7. The maximum absolute atomic E-state index is 13.1. The maximum atomic E-state index is 13.1. The highest BCUT2D eigenvalue weighted by atomic mass is 32.2. The minimum atomic E-state index is -0.482. The molecule has 0 spiro atoms. The highest BCUT2D eigenvalue weighted by molar-refractivity contribution is 7.99. The molecule has 162 valence electrons. The third-order valence-corrected chi connectivity index (χ3v) is 5.54. The monoisotopic (exact) mass is 452 g/mol. The molecule has 10 heteroatoms. The SMILES string of the molecule is COc1ccccc1-n1c(SCC(=O)Nc2ccc(F)cc2)nc2cc([N+](=O)[O-])ccc21. The summed E-state index contributed by atoms with van der Waals surface area (Å²) < 4.78 is 20.3. The molecule has 0 atom stereocenters. The predicted molar refractivity (Wildman–Crippen MR) is 120 cm³/mol. The summed E-state index contributed by atoms with van der Waals surface area (Å²) in [5.41, 5.74) is 2.15. The summed E-state index contributed by atoms with van der Waals surface area (Å²) in [5, 5.41) is 14.4. The fourth-order valence-corrected chi connectivity index (χ4v) is 3.99. The molecule has 3 aromatic carbocycles. The zero-order valence-electron chi connectivity index (χ0n) is 16.8. The number of non-ortho nitro benzene ring substituents is 1. The van der Waals surface area contributed by atoms with Crippen LogP contribution in [0.4, 0.5) is 15.8 Å². The number of nitrogens with zero attached hydrogens (tertiary/aromatic N) is 3. The van der Waals surface area contributed by atoms with Crippen molar-refractivity contribution in [3.8, 4) is 11.4 Å². The molecule has 4 aromatic rings. The molecule has 0 fully saturated rings. The van der Waals surface area contributed by atoms with E-state index in [9.17, 15) is 19.3 Å². The Bertz CT molecular complexity index is 1310. The standard InChI is InChI=1S/C22H17FN4O4S/c1-31-20-5-3-2-4-19(20)26-18-11-10-16(27(29)30)12-17(18)25-22(26)32-13-21(28)24-15-8-6-14(23)7-9-15/h2-12H,13H2,1H3,(H,24,28). The number of methoxy groups -OCH3 is 1. The van der Waals surface area contributed by atoms with Gasteiger partial charge in [-0.2, -0.15) is 0 Å². The number of aromatic nitrogens is 2. The molecule has 8 nitrogen and oxygen atoms in total. The Balaban J connectivity index is 1.68. The highest BCUT2D eigenvalue weighted by Crippen LogP contribution is 2.33. The molecule has 1 N–H and O–H groups in total. The van der Waals surface area contributed by atoms with Gasteiger partial charge in [0.2, 0.25) is 5.91 Å². The zero-order valence-corrected chi connectivity index (χ0v) is 17.6. The zero-order chi connectivity index (χ0) is 22.7. The summed E-state index contributed by atoms with van der Waals surface area (Å²) in [4.78, 5) is 27.7. The van der Waals surface area contributed by atoms with Crippen LogP contribution in [-0.4, -0.2) is 33.2 Å². The van der Waals surface area contributed by atoms with E-state index >= 15 is 0 Å². The fraction of sp³-hybridized carbons (Fsp3) is 0.0909. The number of para-hydroxylation sites is 2. The first-order valence-corrected chi connectivity index (χ1v) is 10.4. The third kappa shape index (κ3) is 4.40. The molecule has 0 saturated carbocycles. The minimum absolute atomic E-state index is 0.0257. The molecule has 1 aromatic heterocycles. The quantitative estimate of drug-likeness (QED) is 0.245. The smallest absolute Gasteiger partial charge is 0.271 e. The Morgan fingerprint density at radius 2 is 1.94 bits per heavy atom. The molecular weight excluding hydrogens is 435 g/mol. The van der Waals surface area contributed by atoms with Gasteiger partial charge in [-0.1, -0.05) is 23.9 Å². The van der Waals surface area contributed by atoms with Gasteiger partial charge in [0.05, 0.1) is 34.5 Å². The number of nitro groups is 1. The minimum Gasteiger partial charge on any atom is -0.495 e. The van der Waals surface area contributed by atoms with Crippen LogP contribution in [-0.2, 0) is 4.79 Å². The molecule has 0 unspecified atom stereocenters. The highest BCUT2D eigenvalue weighted by Gasteiger charge is 2.19. The molecule has 0 bridgehead atoms. The van der Waals surface area contributed by atoms with E-state index < -0.39 is 10.7 Å². The van der Waals surface area contributed by atoms with Crippen molar-refractivity contribution in [3.63, 3.8) is 0 Å². The van der Waals surface area contributed by atoms with Gasteiger partial charge in [-0.3, -0.25) is 19.5 Å². The summed E-state index contributed by atoms with van der Waals surface area (Å²) in [7, 11) is 1.55. The number of halogens is 1. The van der Waals surface area contributed by atoms with Gasteiger partial charge in [-0.05, 0) is 42.5 Å². The number of hydrogen-bond acceptors (Lipinski definition) is 6. The van der Waals surface area contributed by atoms with Crippen molar-refractivity contribution in [2.45, 2.75) is 5.16 Å². The van der Waals surface area contributed by atoms with E-state index in [1.54, 1.807) is 23.8 Å². The summed E-state index contributed by atoms with van der Waals surface area (Å²) in [6.07, 6.45) is 0. The summed E-state index contributed by atoms with van der Waals surface area (Å²) in [6.45, 7) is 0. The van der Waals surface area contributed by atoms with E-state index in [2.05, 4.69) is 10.3 Å². The van der Waals surface area contributed by atoms with Gasteiger partial charge in [0.15, 0.2) is 5.16 Å². The van der Waals surface area contributed by atoms with Crippen LogP contribution in [0.3, 0.4) is 0 Å². The van der Waals surface area contributed by atoms with E-state index in [0.29, 0.717) is 33.3 Å². The van der Waals surface area contributed by atoms with E-state index in [1.807, 2.05) is 18.2 Å². The molecule has 0 aliphatic carbocycles. The van der Waals surface area contributed by atoms with Gasteiger partial charge in [0.1, 0.15) is 11.6 Å². The molecule has 1 amide bonds. The van der Waals surface area contributed by atoms with Crippen LogP contribution in [0.25, 0.3) is 16.7 Å². The van der Waals surface area contributed by atoms with E-state index in [4.69, 9.17) is 4.74 Å². The molecule has 0 saturated heterocycles. The van der Waals surface area contributed by atoms with Gasteiger partial charge < -0.3 is 10.1 Å². The van der Waals surface area contributed by atoms with E-state index in [-0.39, 0.29) is 17.3 Å². The molecule has 1 heterocycles. The van der Waals surface area contributed by atoms with E-state index in [0.717, 1.165) is 0 Å². The van der Waals surface area contributed by atoms with Crippen LogP contribution >= 0.6 is 11.8 Å². The van der Waals surface area contributed by atoms with Gasteiger partial charge in [-0.15, -0.1) is 0 Å². The average Bonchev–Trinajstić information content (AvgIpc) is 3.16. The first-order valence-electron chi connectivity index (χ1n) is 9.45. The summed E-state index contributed by atoms with van der Waals surface area (Å²) >= 11 is 1.17. The number of benzene rings is 3. The van der Waals surface area contributed by atoms with Gasteiger partial charge >= 0.3 is 0 Å². The van der Waals surface area contributed by atoms with Crippen LogP contribution < -0.4 is 10.1 Å². The van der Waals surface area contributed by atoms with Crippen LogP contribution in [0.15, 0.2) is 71.9 Å². The second-order valence-electron chi connectivity index (χ2n) is 6.68. The van der Waals surface area contributed by atoms with Crippen molar-refractivity contribution in [2.24, 2.45) is 0 Å². The number of carbonyl (C=O) groups is 1. The number of carbonyl (C=O) groups excluding carboxylic acids is 1. The predicted octanol–water partition coefficient (Wildman–Crippen LogP) is 4.81. The molecule has 0 radical (unpaired) electrons. The van der Waals surface area contributed by atoms with Crippen molar-refractivity contribution in [3.05, 3.63) is 82.7 Å². The summed E-state index contributed by atoms with van der Waals surface area (Å²) in [5.74, 6) is -0.0798. The Hall–Kier alpha value is -3.92. The number of nitro benzene ring substituents is 1. The van der Waals surface area contributed by atoms with Gasteiger partial charge in [0.25, 0.3) is 5.69 Å².